The van der Waals surface area contributed by atoms with Gasteiger partial charge in [-0.3, -0.25) is 9.59 Å². The number of carbonyl (C=O) groups excluding carboxylic acids is 2. The molecular weight excluding hydrogens is 352 g/mol. The monoisotopic (exact) mass is 382 g/mol. The molecule has 0 saturated carbocycles. The highest BCUT2D eigenvalue weighted by Crippen LogP contribution is 2.15. The SMILES string of the molecule is CCCNC(=O)[C@H](CC)N(Cc1cccc(C)c1)C(=O)COc1ccccc1. The zero-order valence-corrected chi connectivity index (χ0v) is 17.0. The van der Waals surface area contributed by atoms with Crippen LogP contribution in [0.2, 0.25) is 0 Å². The lowest BCUT2D eigenvalue weighted by molar-refractivity contribution is -0.143. The van der Waals surface area contributed by atoms with E-state index in [0.29, 0.717) is 25.3 Å². The lowest BCUT2D eigenvalue weighted by atomic mass is 10.1. The van der Waals surface area contributed by atoms with E-state index in [1.54, 1.807) is 4.90 Å². The number of rotatable bonds is 10. The molecule has 150 valence electrons. The fourth-order valence-electron chi connectivity index (χ4n) is 3.04. The molecule has 0 fully saturated rings. The molecule has 2 amide bonds. The summed E-state index contributed by atoms with van der Waals surface area (Å²) in [6.07, 6.45) is 1.39. The minimum absolute atomic E-state index is 0.104. The predicted octanol–water partition coefficient (Wildman–Crippen LogP) is 3.71. The Labute approximate surface area is 167 Å². The van der Waals surface area contributed by atoms with Gasteiger partial charge in [-0.15, -0.1) is 0 Å². The number of hydrogen-bond donors (Lipinski definition) is 1. The van der Waals surface area contributed by atoms with Gasteiger partial charge in [0.25, 0.3) is 5.91 Å². The predicted molar refractivity (Wildman–Crippen MR) is 111 cm³/mol. The summed E-state index contributed by atoms with van der Waals surface area (Å²) < 4.78 is 5.64. The number of carbonyl (C=O) groups is 2. The van der Waals surface area contributed by atoms with Gasteiger partial charge in [-0.05, 0) is 37.5 Å². The molecule has 2 aromatic rings. The molecule has 0 aliphatic carbocycles. The minimum atomic E-state index is -0.529. The fraction of sp³-hybridized carbons (Fsp3) is 0.391. The molecule has 1 N–H and O–H groups in total. The number of amides is 2. The summed E-state index contributed by atoms with van der Waals surface area (Å²) in [5.74, 6) is 0.309. The van der Waals surface area contributed by atoms with Gasteiger partial charge in [-0.1, -0.05) is 61.9 Å². The van der Waals surface area contributed by atoms with Crippen molar-refractivity contribution in [3.8, 4) is 5.75 Å². The van der Waals surface area contributed by atoms with Gasteiger partial charge in [0.15, 0.2) is 6.61 Å². The van der Waals surface area contributed by atoms with Crippen molar-refractivity contribution < 1.29 is 14.3 Å². The van der Waals surface area contributed by atoms with Crippen LogP contribution in [0.4, 0.5) is 0 Å². The summed E-state index contributed by atoms with van der Waals surface area (Å²) in [7, 11) is 0. The molecule has 0 aliphatic rings. The van der Waals surface area contributed by atoms with Crippen LogP contribution in [0.25, 0.3) is 0 Å². The molecule has 1 atom stereocenters. The Morgan fingerprint density at radius 2 is 1.82 bits per heavy atom. The van der Waals surface area contributed by atoms with Crippen molar-refractivity contribution in [2.24, 2.45) is 0 Å². The van der Waals surface area contributed by atoms with Gasteiger partial charge in [0, 0.05) is 13.1 Å². The molecule has 0 heterocycles. The van der Waals surface area contributed by atoms with Crippen LogP contribution >= 0.6 is 0 Å². The standard InChI is InChI=1S/C23H30N2O3/c1-4-14-24-23(27)21(5-2)25(16-19-11-9-10-18(3)15-19)22(26)17-28-20-12-7-6-8-13-20/h6-13,15,21H,4-5,14,16-17H2,1-3H3,(H,24,27)/t21-/m0/s1. The quantitative estimate of drug-likeness (QED) is 0.681. The van der Waals surface area contributed by atoms with Gasteiger partial charge in [-0.25, -0.2) is 0 Å². The number of aryl methyl sites for hydroxylation is 1. The first-order valence-electron chi connectivity index (χ1n) is 9.85. The Morgan fingerprint density at radius 3 is 2.46 bits per heavy atom. The summed E-state index contributed by atoms with van der Waals surface area (Å²) in [6.45, 7) is 6.81. The van der Waals surface area contributed by atoms with Crippen molar-refractivity contribution in [3.63, 3.8) is 0 Å². The third kappa shape index (κ3) is 6.41. The van der Waals surface area contributed by atoms with E-state index in [1.165, 1.54) is 0 Å². The van der Waals surface area contributed by atoms with Crippen molar-refractivity contribution in [3.05, 3.63) is 65.7 Å². The van der Waals surface area contributed by atoms with Crippen molar-refractivity contribution in [1.82, 2.24) is 10.2 Å². The molecule has 28 heavy (non-hydrogen) atoms. The minimum Gasteiger partial charge on any atom is -0.484 e. The second-order valence-electron chi connectivity index (χ2n) is 6.83. The molecule has 2 rings (SSSR count). The second kappa shape index (κ2) is 11.1. The van der Waals surface area contributed by atoms with Crippen LogP contribution in [0.15, 0.2) is 54.6 Å². The van der Waals surface area contributed by atoms with E-state index in [9.17, 15) is 9.59 Å². The maximum Gasteiger partial charge on any atom is 0.261 e. The molecule has 5 nitrogen and oxygen atoms in total. The molecule has 2 aromatic carbocycles. The summed E-state index contributed by atoms with van der Waals surface area (Å²) in [5, 5.41) is 2.92. The number of hydrogen-bond acceptors (Lipinski definition) is 3. The van der Waals surface area contributed by atoms with Crippen molar-refractivity contribution >= 4 is 11.8 Å². The van der Waals surface area contributed by atoms with Gasteiger partial charge in [0.05, 0.1) is 0 Å². The van der Waals surface area contributed by atoms with Crippen LogP contribution in [0.5, 0.6) is 5.75 Å². The molecule has 0 aromatic heterocycles. The molecular formula is C23H30N2O3. The summed E-state index contributed by atoms with van der Waals surface area (Å²) in [4.78, 5) is 27.3. The number of nitrogens with zero attached hydrogens (tertiary/aromatic N) is 1. The summed E-state index contributed by atoms with van der Waals surface area (Å²) in [6, 6.07) is 16.7. The van der Waals surface area contributed by atoms with E-state index in [1.807, 2.05) is 75.4 Å². The Bertz CT molecular complexity index is 761. The van der Waals surface area contributed by atoms with Gasteiger partial charge in [0.1, 0.15) is 11.8 Å². The summed E-state index contributed by atoms with van der Waals surface area (Å²) in [5.41, 5.74) is 2.11. The van der Waals surface area contributed by atoms with E-state index < -0.39 is 6.04 Å². The first-order valence-corrected chi connectivity index (χ1v) is 9.85. The van der Waals surface area contributed by atoms with Gasteiger partial charge in [0.2, 0.25) is 5.91 Å². The van der Waals surface area contributed by atoms with Crippen LogP contribution in [-0.4, -0.2) is 35.9 Å². The highest BCUT2D eigenvalue weighted by atomic mass is 16.5. The first kappa shape index (κ1) is 21.5. The topological polar surface area (TPSA) is 58.6 Å². The average molecular weight is 383 g/mol. The molecule has 0 unspecified atom stereocenters. The Kier molecular flexibility index (Phi) is 8.53. The Morgan fingerprint density at radius 1 is 1.07 bits per heavy atom. The molecule has 0 aliphatic heterocycles. The maximum absolute atomic E-state index is 13.0. The Hall–Kier alpha value is -2.82. The molecule has 5 heteroatoms. The van der Waals surface area contributed by atoms with Gasteiger partial charge < -0.3 is 15.0 Å². The number of nitrogens with one attached hydrogen (secondary N) is 1. The second-order valence-corrected chi connectivity index (χ2v) is 6.83. The third-order valence-corrected chi connectivity index (χ3v) is 4.48. The van der Waals surface area contributed by atoms with Crippen LogP contribution < -0.4 is 10.1 Å². The normalized spacial score (nSPS) is 11.5. The van der Waals surface area contributed by atoms with Crippen LogP contribution in [0.1, 0.15) is 37.8 Å². The highest BCUT2D eigenvalue weighted by molar-refractivity contribution is 5.88. The van der Waals surface area contributed by atoms with E-state index >= 15 is 0 Å². The van der Waals surface area contributed by atoms with Crippen LogP contribution in [-0.2, 0) is 16.1 Å². The van der Waals surface area contributed by atoms with Crippen LogP contribution in [0, 0.1) is 6.92 Å². The molecule has 0 radical (unpaired) electrons. The largest absolute Gasteiger partial charge is 0.484 e. The first-order chi connectivity index (χ1) is 13.5. The average Bonchev–Trinajstić information content (AvgIpc) is 2.71. The zero-order valence-electron chi connectivity index (χ0n) is 17.0. The molecule has 0 bridgehead atoms. The van der Waals surface area contributed by atoms with Crippen molar-refractivity contribution in [2.75, 3.05) is 13.2 Å². The zero-order chi connectivity index (χ0) is 20.4. The third-order valence-electron chi connectivity index (χ3n) is 4.48. The fourth-order valence-corrected chi connectivity index (χ4v) is 3.04. The van der Waals surface area contributed by atoms with E-state index in [-0.39, 0.29) is 18.4 Å². The van der Waals surface area contributed by atoms with Crippen molar-refractivity contribution in [2.45, 2.75) is 46.2 Å². The Balaban J connectivity index is 2.17. The molecule has 0 spiro atoms. The lowest BCUT2D eigenvalue weighted by Crippen LogP contribution is -2.50. The molecule has 0 saturated heterocycles. The van der Waals surface area contributed by atoms with Crippen molar-refractivity contribution in [1.29, 1.82) is 0 Å². The number of para-hydroxylation sites is 1. The summed E-state index contributed by atoms with van der Waals surface area (Å²) >= 11 is 0. The number of ether oxygens (including phenoxy) is 1. The van der Waals surface area contributed by atoms with Crippen LogP contribution in [0.3, 0.4) is 0 Å². The smallest absolute Gasteiger partial charge is 0.261 e. The van der Waals surface area contributed by atoms with E-state index in [4.69, 9.17) is 4.74 Å². The number of benzene rings is 2. The van der Waals surface area contributed by atoms with E-state index in [2.05, 4.69) is 5.32 Å². The highest BCUT2D eigenvalue weighted by Gasteiger charge is 2.28. The van der Waals surface area contributed by atoms with Gasteiger partial charge >= 0.3 is 0 Å². The van der Waals surface area contributed by atoms with Gasteiger partial charge in [-0.2, -0.15) is 0 Å². The van der Waals surface area contributed by atoms with E-state index in [0.717, 1.165) is 17.5 Å². The lowest BCUT2D eigenvalue weighted by Gasteiger charge is -2.30. The maximum atomic E-state index is 13.0.